The Kier molecular flexibility index (Phi) is 3.17. The Morgan fingerprint density at radius 2 is 1.94 bits per heavy atom. The highest BCUT2D eigenvalue weighted by Gasteiger charge is 2.19. The Hall–Kier alpha value is -1.78. The molecule has 1 amide bonds. The fourth-order valence-corrected chi connectivity index (χ4v) is 1.97. The quantitative estimate of drug-likeness (QED) is 0.799. The molecule has 1 aliphatic heterocycles. The van der Waals surface area contributed by atoms with E-state index in [-0.39, 0.29) is 11.7 Å². The molecule has 1 aromatic rings. The van der Waals surface area contributed by atoms with Crippen molar-refractivity contribution in [3.05, 3.63) is 24.0 Å². The van der Waals surface area contributed by atoms with Crippen LogP contribution in [0.1, 0.15) is 6.92 Å². The van der Waals surface area contributed by atoms with Crippen molar-refractivity contribution in [3.8, 4) is 5.75 Å². The van der Waals surface area contributed by atoms with Gasteiger partial charge < -0.3 is 14.9 Å². The maximum atomic E-state index is 13.2. The molecule has 0 saturated carbocycles. The van der Waals surface area contributed by atoms with E-state index in [0.717, 1.165) is 5.69 Å². The molecule has 0 aromatic heterocycles. The maximum absolute atomic E-state index is 13.2. The number of hydrogen-bond donors (Lipinski definition) is 1. The van der Waals surface area contributed by atoms with Crippen molar-refractivity contribution in [3.63, 3.8) is 0 Å². The Morgan fingerprint density at radius 1 is 1.29 bits per heavy atom. The fourth-order valence-electron chi connectivity index (χ4n) is 1.97. The number of nitrogens with zero attached hydrogens (tertiary/aromatic N) is 2. The molecule has 4 nitrogen and oxygen atoms in total. The van der Waals surface area contributed by atoms with Gasteiger partial charge in [0.1, 0.15) is 0 Å². The van der Waals surface area contributed by atoms with Gasteiger partial charge in [-0.1, -0.05) is 0 Å². The van der Waals surface area contributed by atoms with Crippen molar-refractivity contribution in [2.45, 2.75) is 6.92 Å². The van der Waals surface area contributed by atoms with E-state index in [0.29, 0.717) is 26.2 Å². The van der Waals surface area contributed by atoms with Gasteiger partial charge in [0.25, 0.3) is 0 Å². The van der Waals surface area contributed by atoms with Gasteiger partial charge in [-0.05, 0) is 12.1 Å². The summed E-state index contributed by atoms with van der Waals surface area (Å²) in [7, 11) is 0. The minimum atomic E-state index is -0.614. The number of halogens is 1. The minimum Gasteiger partial charge on any atom is -0.505 e. The highest BCUT2D eigenvalue weighted by atomic mass is 19.1. The van der Waals surface area contributed by atoms with Crippen LogP contribution in [0.25, 0.3) is 0 Å². The summed E-state index contributed by atoms with van der Waals surface area (Å²) in [6.45, 7) is 4.22. The van der Waals surface area contributed by atoms with Crippen LogP contribution >= 0.6 is 0 Å². The van der Waals surface area contributed by atoms with Gasteiger partial charge in [-0.15, -0.1) is 0 Å². The smallest absolute Gasteiger partial charge is 0.219 e. The lowest BCUT2D eigenvalue weighted by Gasteiger charge is -2.35. The molecule has 0 unspecified atom stereocenters. The number of carbonyl (C=O) groups excluding carboxylic acids is 1. The summed E-state index contributed by atoms with van der Waals surface area (Å²) in [4.78, 5) is 14.9. The fraction of sp³-hybridized carbons (Fsp3) is 0.417. The first kappa shape index (κ1) is 11.7. The molecule has 1 fully saturated rings. The van der Waals surface area contributed by atoms with Crippen LogP contribution in [0.5, 0.6) is 5.75 Å². The first-order chi connectivity index (χ1) is 8.08. The molecular formula is C12H15FN2O2. The minimum absolute atomic E-state index is 0.0709. The zero-order valence-corrected chi connectivity index (χ0v) is 9.69. The molecule has 1 N–H and O–H groups in total. The third-order valence-corrected chi connectivity index (χ3v) is 3.02. The van der Waals surface area contributed by atoms with Crippen LogP contribution in [0.2, 0.25) is 0 Å². The first-order valence-corrected chi connectivity index (χ1v) is 5.57. The van der Waals surface area contributed by atoms with Crippen LogP contribution in [-0.2, 0) is 4.79 Å². The van der Waals surface area contributed by atoms with Gasteiger partial charge in [0, 0.05) is 44.9 Å². The normalized spacial score (nSPS) is 16.1. The largest absolute Gasteiger partial charge is 0.505 e. The number of amides is 1. The molecule has 1 saturated heterocycles. The number of anilines is 1. The van der Waals surface area contributed by atoms with Crippen LogP contribution < -0.4 is 4.90 Å². The van der Waals surface area contributed by atoms with Crippen molar-refractivity contribution in [1.29, 1.82) is 0 Å². The lowest BCUT2D eigenvalue weighted by molar-refractivity contribution is -0.129. The molecular weight excluding hydrogens is 223 g/mol. The Bertz CT molecular complexity index is 429. The van der Waals surface area contributed by atoms with E-state index in [2.05, 4.69) is 0 Å². The summed E-state index contributed by atoms with van der Waals surface area (Å²) >= 11 is 0. The van der Waals surface area contributed by atoms with Gasteiger partial charge in [-0.25, -0.2) is 4.39 Å². The molecule has 0 spiro atoms. The monoisotopic (exact) mass is 238 g/mol. The molecule has 92 valence electrons. The number of hydrogen-bond acceptors (Lipinski definition) is 3. The number of carbonyl (C=O) groups is 1. The van der Waals surface area contributed by atoms with Gasteiger partial charge >= 0.3 is 0 Å². The lowest BCUT2D eigenvalue weighted by Crippen LogP contribution is -2.48. The third-order valence-electron chi connectivity index (χ3n) is 3.02. The zero-order chi connectivity index (χ0) is 12.4. The van der Waals surface area contributed by atoms with Gasteiger partial charge in [-0.2, -0.15) is 0 Å². The molecule has 0 bridgehead atoms. The average molecular weight is 238 g/mol. The van der Waals surface area contributed by atoms with E-state index in [1.165, 1.54) is 12.1 Å². The number of aromatic hydroxyl groups is 1. The first-order valence-electron chi connectivity index (χ1n) is 5.57. The molecule has 0 radical (unpaired) electrons. The SMILES string of the molecule is CC(=O)N1CCN(c2ccc(O)c(F)c2)CC1. The Balaban J connectivity index is 2.05. The summed E-state index contributed by atoms with van der Waals surface area (Å²) in [5.74, 6) is -0.880. The molecule has 1 aromatic carbocycles. The second-order valence-electron chi connectivity index (χ2n) is 4.13. The summed E-state index contributed by atoms with van der Waals surface area (Å²) in [6, 6.07) is 4.35. The number of rotatable bonds is 1. The van der Waals surface area contributed by atoms with E-state index in [1.54, 1.807) is 17.9 Å². The predicted octanol–water partition coefficient (Wildman–Crippen LogP) is 1.20. The van der Waals surface area contributed by atoms with E-state index >= 15 is 0 Å². The third kappa shape index (κ3) is 2.49. The van der Waals surface area contributed by atoms with Crippen LogP contribution in [0.4, 0.5) is 10.1 Å². The number of phenolic OH excluding ortho intramolecular Hbond substituents is 1. The summed E-state index contributed by atoms with van der Waals surface area (Å²) in [6.07, 6.45) is 0. The van der Waals surface area contributed by atoms with E-state index in [4.69, 9.17) is 5.11 Å². The van der Waals surface area contributed by atoms with Crippen LogP contribution in [-0.4, -0.2) is 42.1 Å². The average Bonchev–Trinajstić information content (AvgIpc) is 2.33. The molecule has 17 heavy (non-hydrogen) atoms. The summed E-state index contributed by atoms with van der Waals surface area (Å²) in [5, 5.41) is 9.11. The van der Waals surface area contributed by atoms with E-state index in [1.807, 2.05) is 4.90 Å². The number of benzene rings is 1. The molecule has 0 atom stereocenters. The van der Waals surface area contributed by atoms with Gasteiger partial charge in [0.2, 0.25) is 5.91 Å². The Labute approximate surface area is 99.3 Å². The molecule has 0 aliphatic carbocycles. The second kappa shape index (κ2) is 4.61. The number of phenols is 1. The molecule has 2 rings (SSSR count). The van der Waals surface area contributed by atoms with Gasteiger partial charge in [0.15, 0.2) is 11.6 Å². The summed E-state index contributed by atoms with van der Waals surface area (Å²) < 4.78 is 13.2. The summed E-state index contributed by atoms with van der Waals surface area (Å²) in [5.41, 5.74) is 0.739. The van der Waals surface area contributed by atoms with Crippen LogP contribution in [0, 0.1) is 5.82 Å². The highest BCUT2D eigenvalue weighted by molar-refractivity contribution is 5.73. The van der Waals surface area contributed by atoms with Crippen molar-refractivity contribution in [2.75, 3.05) is 31.1 Å². The van der Waals surface area contributed by atoms with E-state index < -0.39 is 5.82 Å². The highest BCUT2D eigenvalue weighted by Crippen LogP contribution is 2.23. The van der Waals surface area contributed by atoms with E-state index in [9.17, 15) is 9.18 Å². The van der Waals surface area contributed by atoms with Gasteiger partial charge in [-0.3, -0.25) is 4.79 Å². The van der Waals surface area contributed by atoms with Crippen molar-refractivity contribution in [2.24, 2.45) is 0 Å². The molecule has 5 heteroatoms. The maximum Gasteiger partial charge on any atom is 0.219 e. The zero-order valence-electron chi connectivity index (χ0n) is 9.69. The second-order valence-corrected chi connectivity index (χ2v) is 4.13. The topological polar surface area (TPSA) is 43.8 Å². The standard InChI is InChI=1S/C12H15FN2O2/c1-9(16)14-4-6-15(7-5-14)10-2-3-12(17)11(13)8-10/h2-3,8,17H,4-7H2,1H3. The number of piperazine rings is 1. The predicted molar refractivity (Wildman–Crippen MR) is 62.5 cm³/mol. The van der Waals surface area contributed by atoms with Crippen molar-refractivity contribution < 1.29 is 14.3 Å². The van der Waals surface area contributed by atoms with Crippen LogP contribution in [0.15, 0.2) is 18.2 Å². The van der Waals surface area contributed by atoms with Crippen molar-refractivity contribution in [1.82, 2.24) is 4.90 Å². The van der Waals surface area contributed by atoms with Crippen LogP contribution in [0.3, 0.4) is 0 Å². The van der Waals surface area contributed by atoms with Gasteiger partial charge in [0.05, 0.1) is 0 Å². The Morgan fingerprint density at radius 3 is 2.47 bits per heavy atom. The molecule has 1 heterocycles. The molecule has 1 aliphatic rings. The lowest BCUT2D eigenvalue weighted by atomic mass is 10.2. The van der Waals surface area contributed by atoms with Crippen molar-refractivity contribution >= 4 is 11.6 Å².